The number of imide groups is 1. The van der Waals surface area contributed by atoms with Crippen LogP contribution in [0, 0.1) is 11.7 Å². The molecular weight excluding hydrogens is 435 g/mol. The number of rotatable bonds is 7. The summed E-state index contributed by atoms with van der Waals surface area (Å²) in [5.41, 5.74) is -0.349. The van der Waals surface area contributed by atoms with Crippen LogP contribution in [0.15, 0.2) is 48.8 Å². The maximum atomic E-state index is 14.2. The predicted molar refractivity (Wildman–Crippen MR) is 125 cm³/mol. The number of hydrogen-bond donors (Lipinski definition) is 0. The molecule has 3 amide bonds. The first-order valence-electron chi connectivity index (χ1n) is 11.7. The summed E-state index contributed by atoms with van der Waals surface area (Å²) >= 11 is 0. The van der Waals surface area contributed by atoms with Gasteiger partial charge in [0.25, 0.3) is 0 Å². The van der Waals surface area contributed by atoms with Gasteiger partial charge in [-0.3, -0.25) is 24.3 Å². The van der Waals surface area contributed by atoms with Crippen LogP contribution in [-0.4, -0.2) is 71.1 Å². The minimum absolute atomic E-state index is 0.0704. The molecule has 8 heteroatoms. The zero-order chi connectivity index (χ0) is 24.3. The van der Waals surface area contributed by atoms with E-state index >= 15 is 0 Å². The van der Waals surface area contributed by atoms with Crippen molar-refractivity contribution in [3.63, 3.8) is 0 Å². The van der Waals surface area contributed by atoms with Crippen molar-refractivity contribution in [1.29, 1.82) is 0 Å². The van der Waals surface area contributed by atoms with Crippen molar-refractivity contribution < 1.29 is 18.8 Å². The predicted octanol–water partition coefficient (Wildman–Crippen LogP) is 2.61. The molecule has 0 radical (unpaired) electrons. The molecule has 4 rings (SSSR count). The molecule has 0 saturated carbocycles. The Kier molecular flexibility index (Phi) is 7.07. The molecule has 2 unspecified atom stereocenters. The van der Waals surface area contributed by atoms with Crippen LogP contribution < -0.4 is 0 Å². The first-order chi connectivity index (χ1) is 16.3. The number of carbonyl (C=O) groups excluding carboxylic acids is 3. The largest absolute Gasteiger partial charge is 0.345 e. The molecule has 2 saturated heterocycles. The Bertz CT molecular complexity index is 1060. The Morgan fingerprint density at radius 1 is 1.26 bits per heavy atom. The third-order valence-electron chi connectivity index (χ3n) is 6.98. The molecule has 2 aliphatic heterocycles. The second-order valence-electron chi connectivity index (χ2n) is 9.64. The van der Waals surface area contributed by atoms with E-state index in [2.05, 4.69) is 16.9 Å². The summed E-state index contributed by atoms with van der Waals surface area (Å²) in [4.78, 5) is 49.3. The Labute approximate surface area is 199 Å². The zero-order valence-electron chi connectivity index (χ0n) is 19.7. The number of nitrogens with zero attached hydrogens (tertiary/aromatic N) is 4. The molecule has 1 aromatic heterocycles. The highest BCUT2D eigenvalue weighted by Gasteiger charge is 2.54. The van der Waals surface area contributed by atoms with Crippen molar-refractivity contribution in [3.8, 4) is 0 Å². The van der Waals surface area contributed by atoms with E-state index in [0.717, 1.165) is 25.9 Å². The van der Waals surface area contributed by atoms with Crippen molar-refractivity contribution in [1.82, 2.24) is 19.7 Å². The first kappa shape index (κ1) is 24.0. The lowest BCUT2D eigenvalue weighted by Crippen LogP contribution is -2.44. The molecule has 3 heterocycles. The zero-order valence-corrected chi connectivity index (χ0v) is 19.7. The summed E-state index contributed by atoms with van der Waals surface area (Å²) < 4.78 is 14.2. The van der Waals surface area contributed by atoms with Gasteiger partial charge in [-0.25, -0.2) is 4.39 Å². The molecule has 0 aliphatic carbocycles. The van der Waals surface area contributed by atoms with E-state index < -0.39 is 17.1 Å². The average Bonchev–Trinajstić information content (AvgIpc) is 3.04. The highest BCUT2D eigenvalue weighted by Crippen LogP contribution is 2.41. The summed E-state index contributed by atoms with van der Waals surface area (Å²) in [5, 5.41) is 0. The van der Waals surface area contributed by atoms with E-state index in [1.807, 2.05) is 0 Å². The van der Waals surface area contributed by atoms with Gasteiger partial charge in [0.2, 0.25) is 17.7 Å². The highest BCUT2D eigenvalue weighted by atomic mass is 19.1. The maximum absolute atomic E-state index is 14.2. The number of amides is 3. The fraction of sp³-hybridized carbons (Fsp3) is 0.462. The Morgan fingerprint density at radius 2 is 2.09 bits per heavy atom. The third kappa shape index (κ3) is 5.01. The van der Waals surface area contributed by atoms with Gasteiger partial charge in [-0.05, 0) is 61.7 Å². The standard InChI is InChI=1S/C26H31FN4O3/c1-29-11-5-7-20(16-29)17-30(2)23(32)13-26(21-8-3-9-22(27)12-21)14-24(33)31(25(26)34)18-19-6-4-10-28-15-19/h3-4,6,8-10,12,15,20H,5,7,11,13-14,16-18H2,1-2H3. The van der Waals surface area contributed by atoms with Gasteiger partial charge in [0.1, 0.15) is 5.82 Å². The lowest BCUT2D eigenvalue weighted by Gasteiger charge is -2.34. The Morgan fingerprint density at radius 3 is 2.79 bits per heavy atom. The molecule has 180 valence electrons. The maximum Gasteiger partial charge on any atom is 0.241 e. The molecule has 7 nitrogen and oxygen atoms in total. The molecule has 0 spiro atoms. The fourth-order valence-corrected chi connectivity index (χ4v) is 5.19. The van der Waals surface area contributed by atoms with Crippen LogP contribution in [-0.2, 0) is 26.3 Å². The first-order valence-corrected chi connectivity index (χ1v) is 11.7. The van der Waals surface area contributed by atoms with Crippen LogP contribution in [0.2, 0.25) is 0 Å². The van der Waals surface area contributed by atoms with E-state index in [1.54, 1.807) is 42.5 Å². The van der Waals surface area contributed by atoms with E-state index in [4.69, 9.17) is 0 Å². The summed E-state index contributed by atoms with van der Waals surface area (Å²) in [6.45, 7) is 2.63. The molecule has 34 heavy (non-hydrogen) atoms. The van der Waals surface area contributed by atoms with Gasteiger partial charge in [-0.1, -0.05) is 18.2 Å². The summed E-state index contributed by atoms with van der Waals surface area (Å²) in [6, 6.07) is 9.23. The Hall–Kier alpha value is -3.13. The summed E-state index contributed by atoms with van der Waals surface area (Å²) in [7, 11) is 3.82. The number of benzene rings is 1. The fourth-order valence-electron chi connectivity index (χ4n) is 5.19. The monoisotopic (exact) mass is 466 g/mol. The lowest BCUT2D eigenvalue weighted by molar-refractivity contribution is -0.143. The van der Waals surface area contributed by atoms with Gasteiger partial charge in [0.15, 0.2) is 0 Å². The van der Waals surface area contributed by atoms with E-state index in [1.165, 1.54) is 23.1 Å². The number of aromatic nitrogens is 1. The van der Waals surface area contributed by atoms with Crippen LogP contribution in [0.25, 0.3) is 0 Å². The van der Waals surface area contributed by atoms with Crippen LogP contribution in [0.3, 0.4) is 0 Å². The van der Waals surface area contributed by atoms with Crippen LogP contribution in [0.4, 0.5) is 4.39 Å². The quantitative estimate of drug-likeness (QED) is 0.587. The normalized spacial score (nSPS) is 23.4. The van der Waals surface area contributed by atoms with Crippen LogP contribution in [0.1, 0.15) is 36.8 Å². The van der Waals surface area contributed by atoms with E-state index in [9.17, 15) is 18.8 Å². The SMILES string of the molecule is CN1CCCC(CN(C)C(=O)CC2(c3cccc(F)c3)CC(=O)N(Cc3cccnc3)C2=O)C1. The van der Waals surface area contributed by atoms with E-state index in [0.29, 0.717) is 23.6 Å². The summed E-state index contributed by atoms with van der Waals surface area (Å²) in [6.07, 6.45) is 5.01. The topological polar surface area (TPSA) is 73.8 Å². The number of carbonyl (C=O) groups is 3. The number of hydrogen-bond acceptors (Lipinski definition) is 5. The summed E-state index contributed by atoms with van der Waals surface area (Å²) in [5.74, 6) is -1.20. The second kappa shape index (κ2) is 10.0. The lowest BCUT2D eigenvalue weighted by atomic mass is 9.75. The minimum Gasteiger partial charge on any atom is -0.345 e. The van der Waals surface area contributed by atoms with Gasteiger partial charge >= 0.3 is 0 Å². The van der Waals surface area contributed by atoms with Gasteiger partial charge < -0.3 is 9.80 Å². The minimum atomic E-state index is -1.42. The van der Waals surface area contributed by atoms with Crippen molar-refractivity contribution in [3.05, 3.63) is 65.7 Å². The molecule has 2 aliphatic rings. The Balaban J connectivity index is 1.59. The average molecular weight is 467 g/mol. The number of pyridine rings is 1. The van der Waals surface area contributed by atoms with Crippen molar-refractivity contribution in [2.75, 3.05) is 33.7 Å². The molecule has 0 bridgehead atoms. The third-order valence-corrected chi connectivity index (χ3v) is 6.98. The van der Waals surface area contributed by atoms with Gasteiger partial charge in [0.05, 0.1) is 12.0 Å². The van der Waals surface area contributed by atoms with Gasteiger partial charge in [-0.15, -0.1) is 0 Å². The van der Waals surface area contributed by atoms with Crippen LogP contribution in [0.5, 0.6) is 0 Å². The van der Waals surface area contributed by atoms with Crippen molar-refractivity contribution in [2.24, 2.45) is 5.92 Å². The highest BCUT2D eigenvalue weighted by molar-refractivity contribution is 6.10. The molecule has 2 atom stereocenters. The molecule has 2 fully saturated rings. The molecule has 2 aromatic rings. The number of halogens is 1. The molecule has 0 N–H and O–H groups in total. The van der Waals surface area contributed by atoms with Crippen molar-refractivity contribution in [2.45, 2.75) is 37.6 Å². The van der Waals surface area contributed by atoms with E-state index in [-0.39, 0.29) is 31.2 Å². The number of likely N-dealkylation sites (tertiary alicyclic amines) is 2. The van der Waals surface area contributed by atoms with Gasteiger partial charge in [-0.2, -0.15) is 0 Å². The number of piperidine rings is 1. The van der Waals surface area contributed by atoms with Crippen LogP contribution >= 0.6 is 0 Å². The molecule has 1 aromatic carbocycles. The molecular formula is C26H31FN4O3. The van der Waals surface area contributed by atoms with Crippen molar-refractivity contribution >= 4 is 17.7 Å². The second-order valence-corrected chi connectivity index (χ2v) is 9.64. The smallest absolute Gasteiger partial charge is 0.241 e. The van der Waals surface area contributed by atoms with Gasteiger partial charge in [0, 0.05) is 45.4 Å².